The van der Waals surface area contributed by atoms with Crippen LogP contribution in [0.25, 0.3) is 10.9 Å². The van der Waals surface area contributed by atoms with E-state index in [0.717, 1.165) is 11.1 Å². The van der Waals surface area contributed by atoms with Crippen molar-refractivity contribution in [3.05, 3.63) is 60.8 Å². The van der Waals surface area contributed by atoms with Gasteiger partial charge in [-0.2, -0.15) is 0 Å². The summed E-state index contributed by atoms with van der Waals surface area (Å²) in [5, 5.41) is 3.88. The SMILES string of the molecule is CC(=S)Nc1ccc2c(ccn2S(=O)(=O)c2ccccc2)c1. The summed E-state index contributed by atoms with van der Waals surface area (Å²) < 4.78 is 26.7. The topological polar surface area (TPSA) is 51.1 Å². The second-order valence-corrected chi connectivity index (χ2v) is 7.31. The number of anilines is 1. The highest BCUT2D eigenvalue weighted by Crippen LogP contribution is 2.24. The van der Waals surface area contributed by atoms with Gasteiger partial charge in [-0.25, -0.2) is 12.4 Å². The van der Waals surface area contributed by atoms with Gasteiger partial charge in [-0.3, -0.25) is 0 Å². The summed E-state index contributed by atoms with van der Waals surface area (Å²) in [5.41, 5.74) is 1.48. The van der Waals surface area contributed by atoms with Crippen molar-refractivity contribution in [1.82, 2.24) is 3.97 Å². The molecular formula is C16H14N2O2S2. The minimum atomic E-state index is -3.59. The van der Waals surface area contributed by atoms with Crippen molar-refractivity contribution in [3.8, 4) is 0 Å². The molecule has 0 spiro atoms. The summed E-state index contributed by atoms with van der Waals surface area (Å²) in [4.78, 5) is 0.931. The van der Waals surface area contributed by atoms with Crippen LogP contribution in [0, 0.1) is 0 Å². The zero-order chi connectivity index (χ0) is 15.7. The van der Waals surface area contributed by atoms with Gasteiger partial charge in [0.25, 0.3) is 10.0 Å². The molecule has 1 heterocycles. The zero-order valence-corrected chi connectivity index (χ0v) is 13.5. The van der Waals surface area contributed by atoms with Crippen LogP contribution in [0.3, 0.4) is 0 Å². The number of hydrogen-bond acceptors (Lipinski definition) is 3. The predicted molar refractivity (Wildman–Crippen MR) is 92.9 cm³/mol. The zero-order valence-electron chi connectivity index (χ0n) is 11.9. The van der Waals surface area contributed by atoms with Crippen molar-refractivity contribution < 1.29 is 8.42 Å². The first-order valence-electron chi connectivity index (χ1n) is 6.68. The van der Waals surface area contributed by atoms with E-state index in [1.54, 1.807) is 55.6 Å². The van der Waals surface area contributed by atoms with E-state index < -0.39 is 10.0 Å². The molecule has 0 radical (unpaired) electrons. The molecule has 0 unspecified atom stereocenters. The number of nitrogens with zero attached hydrogens (tertiary/aromatic N) is 1. The minimum absolute atomic E-state index is 0.268. The van der Waals surface area contributed by atoms with E-state index in [-0.39, 0.29) is 4.90 Å². The highest BCUT2D eigenvalue weighted by atomic mass is 32.2. The molecule has 0 saturated heterocycles. The Morgan fingerprint density at radius 1 is 1.09 bits per heavy atom. The van der Waals surface area contributed by atoms with Crippen molar-refractivity contribution in [2.24, 2.45) is 0 Å². The molecule has 0 aliphatic rings. The maximum atomic E-state index is 12.7. The maximum Gasteiger partial charge on any atom is 0.268 e. The van der Waals surface area contributed by atoms with E-state index >= 15 is 0 Å². The normalized spacial score (nSPS) is 11.5. The lowest BCUT2D eigenvalue weighted by molar-refractivity contribution is 0.589. The maximum absolute atomic E-state index is 12.7. The van der Waals surface area contributed by atoms with Crippen LogP contribution in [-0.4, -0.2) is 17.4 Å². The van der Waals surface area contributed by atoms with Gasteiger partial charge in [0.05, 0.1) is 15.4 Å². The van der Waals surface area contributed by atoms with Crippen LogP contribution >= 0.6 is 12.2 Å². The van der Waals surface area contributed by atoms with Crippen molar-refractivity contribution >= 4 is 43.8 Å². The molecule has 0 aliphatic heterocycles. The number of fused-ring (bicyclic) bond motifs is 1. The van der Waals surface area contributed by atoms with Gasteiger partial charge in [-0.05, 0) is 43.3 Å². The molecule has 4 nitrogen and oxygen atoms in total. The molecular weight excluding hydrogens is 316 g/mol. The van der Waals surface area contributed by atoms with Crippen LogP contribution in [0.15, 0.2) is 65.7 Å². The first-order valence-corrected chi connectivity index (χ1v) is 8.52. The van der Waals surface area contributed by atoms with Gasteiger partial charge in [0.15, 0.2) is 0 Å². The van der Waals surface area contributed by atoms with E-state index in [1.165, 1.54) is 3.97 Å². The smallest absolute Gasteiger partial charge is 0.268 e. The number of aromatic nitrogens is 1. The summed E-state index contributed by atoms with van der Waals surface area (Å²) in [6, 6.07) is 15.6. The fourth-order valence-electron chi connectivity index (χ4n) is 2.31. The Morgan fingerprint density at radius 3 is 2.50 bits per heavy atom. The van der Waals surface area contributed by atoms with Gasteiger partial charge in [-0.1, -0.05) is 30.4 Å². The van der Waals surface area contributed by atoms with E-state index in [1.807, 2.05) is 12.1 Å². The van der Waals surface area contributed by atoms with E-state index in [2.05, 4.69) is 5.32 Å². The Kier molecular flexibility index (Phi) is 3.72. The van der Waals surface area contributed by atoms with Crippen molar-refractivity contribution in [1.29, 1.82) is 0 Å². The van der Waals surface area contributed by atoms with Crippen LogP contribution < -0.4 is 5.32 Å². The molecule has 3 rings (SSSR count). The molecule has 0 aliphatic carbocycles. The fourth-order valence-corrected chi connectivity index (χ4v) is 3.81. The quantitative estimate of drug-likeness (QED) is 0.745. The summed E-state index contributed by atoms with van der Waals surface area (Å²) >= 11 is 5.02. The van der Waals surface area contributed by atoms with Crippen LogP contribution in [-0.2, 0) is 10.0 Å². The monoisotopic (exact) mass is 330 g/mol. The number of thiocarbonyl (C=S) groups is 1. The lowest BCUT2D eigenvalue weighted by Gasteiger charge is -2.08. The molecule has 112 valence electrons. The molecule has 2 aromatic carbocycles. The second kappa shape index (κ2) is 5.55. The van der Waals surface area contributed by atoms with Gasteiger partial charge in [0, 0.05) is 17.3 Å². The summed E-state index contributed by atoms with van der Waals surface area (Å²) in [6.45, 7) is 1.80. The average molecular weight is 330 g/mol. The molecule has 22 heavy (non-hydrogen) atoms. The fraction of sp³-hybridized carbons (Fsp3) is 0.0625. The first kappa shape index (κ1) is 14.7. The minimum Gasteiger partial charge on any atom is -0.350 e. The average Bonchev–Trinajstić information content (AvgIpc) is 2.91. The molecule has 0 amide bonds. The number of benzene rings is 2. The third kappa shape index (κ3) is 2.63. The molecule has 0 bridgehead atoms. The molecule has 3 aromatic rings. The van der Waals surface area contributed by atoms with Gasteiger partial charge >= 0.3 is 0 Å². The van der Waals surface area contributed by atoms with Crippen molar-refractivity contribution in [2.45, 2.75) is 11.8 Å². The van der Waals surface area contributed by atoms with Crippen LogP contribution in [0.5, 0.6) is 0 Å². The molecule has 6 heteroatoms. The summed E-state index contributed by atoms with van der Waals surface area (Å²) in [6.07, 6.45) is 1.57. The van der Waals surface area contributed by atoms with E-state index in [4.69, 9.17) is 12.2 Å². The second-order valence-electron chi connectivity index (χ2n) is 4.88. The third-order valence-electron chi connectivity index (χ3n) is 3.27. The lowest BCUT2D eigenvalue weighted by atomic mass is 10.2. The highest BCUT2D eigenvalue weighted by molar-refractivity contribution is 7.90. The van der Waals surface area contributed by atoms with E-state index in [9.17, 15) is 8.42 Å². The van der Waals surface area contributed by atoms with Gasteiger partial charge in [-0.15, -0.1) is 0 Å². The molecule has 0 atom stereocenters. The van der Waals surface area contributed by atoms with Crippen molar-refractivity contribution in [2.75, 3.05) is 5.32 Å². The van der Waals surface area contributed by atoms with Crippen LogP contribution in [0.4, 0.5) is 5.69 Å². The standard InChI is InChI=1S/C16H14N2O2S2/c1-12(21)17-14-7-8-16-13(11-14)9-10-18(16)22(19,20)15-5-3-2-4-6-15/h2-11H,1H3,(H,17,21). The highest BCUT2D eigenvalue weighted by Gasteiger charge is 2.18. The third-order valence-corrected chi connectivity index (χ3v) is 5.08. The van der Waals surface area contributed by atoms with Crippen molar-refractivity contribution in [3.63, 3.8) is 0 Å². The van der Waals surface area contributed by atoms with Gasteiger partial charge in [0.1, 0.15) is 0 Å². The molecule has 1 N–H and O–H groups in total. The molecule has 0 fully saturated rings. The van der Waals surface area contributed by atoms with E-state index in [0.29, 0.717) is 10.5 Å². The number of hydrogen-bond donors (Lipinski definition) is 1. The number of nitrogens with one attached hydrogen (secondary N) is 1. The number of rotatable bonds is 3. The first-order chi connectivity index (χ1) is 10.5. The molecule has 1 aromatic heterocycles. The Hall–Kier alpha value is -2.18. The largest absolute Gasteiger partial charge is 0.350 e. The van der Waals surface area contributed by atoms with Crippen LogP contribution in [0.1, 0.15) is 6.92 Å². The Bertz CT molecular complexity index is 945. The summed E-state index contributed by atoms with van der Waals surface area (Å²) in [5.74, 6) is 0. The summed E-state index contributed by atoms with van der Waals surface area (Å²) in [7, 11) is -3.59. The predicted octanol–water partition coefficient (Wildman–Crippen LogP) is 3.64. The lowest BCUT2D eigenvalue weighted by Crippen LogP contribution is -2.11. The molecule has 0 saturated carbocycles. The Labute approximate surface area is 134 Å². The van der Waals surface area contributed by atoms with Gasteiger partial charge in [0.2, 0.25) is 0 Å². The van der Waals surface area contributed by atoms with Crippen LogP contribution in [0.2, 0.25) is 0 Å². The Balaban J connectivity index is 2.11. The van der Waals surface area contributed by atoms with Gasteiger partial charge < -0.3 is 5.32 Å². The Morgan fingerprint density at radius 2 is 1.82 bits per heavy atom.